The second-order valence-corrected chi connectivity index (χ2v) is 9.55. The molecule has 2 aromatic heterocycles. The number of hydrogen-bond acceptors (Lipinski definition) is 3. The first-order valence-corrected chi connectivity index (χ1v) is 11.7. The van der Waals surface area contributed by atoms with E-state index < -0.39 is 0 Å². The van der Waals surface area contributed by atoms with E-state index in [9.17, 15) is 14.4 Å². The molecule has 0 unspecified atom stereocenters. The van der Waals surface area contributed by atoms with Gasteiger partial charge in [0, 0.05) is 55.9 Å². The van der Waals surface area contributed by atoms with Crippen molar-refractivity contribution in [3.63, 3.8) is 0 Å². The highest BCUT2D eigenvalue weighted by atomic mass is 16.2. The fraction of sp³-hybridized carbons (Fsp3) is 0.423. The summed E-state index contributed by atoms with van der Waals surface area (Å²) >= 11 is 0. The number of para-hydroxylation sites is 1. The van der Waals surface area contributed by atoms with Crippen LogP contribution >= 0.6 is 0 Å². The lowest BCUT2D eigenvalue weighted by Gasteiger charge is -2.25. The van der Waals surface area contributed by atoms with E-state index >= 15 is 0 Å². The molecule has 5 rings (SSSR count). The molecule has 1 saturated heterocycles. The minimum Gasteiger partial charge on any atom is -0.361 e. The molecule has 1 aromatic carbocycles. The number of hydrogen-bond donors (Lipinski definition) is 2. The third-order valence-corrected chi connectivity index (χ3v) is 7.58. The van der Waals surface area contributed by atoms with Gasteiger partial charge in [-0.2, -0.15) is 0 Å². The number of piperidine rings is 1. The van der Waals surface area contributed by atoms with Crippen LogP contribution in [0.5, 0.6) is 0 Å². The second-order valence-electron chi connectivity index (χ2n) is 9.55. The SMILES string of the molecule is Cc1ccn(CCc2c[nH]c3ccccc23)c(=O)c1C(=O)N(C)[C@H]1C[C@H]2CC(=O)NC[C@H]2C1. The fourth-order valence-electron chi connectivity index (χ4n) is 5.57. The number of fused-ring (bicyclic) bond motifs is 2. The minimum atomic E-state index is -0.237. The summed E-state index contributed by atoms with van der Waals surface area (Å²) in [5.74, 6) is 0.612. The number of nitrogens with zero attached hydrogens (tertiary/aromatic N) is 2. The van der Waals surface area contributed by atoms with Gasteiger partial charge in [-0.05, 0) is 61.3 Å². The molecule has 0 radical (unpaired) electrons. The first kappa shape index (κ1) is 21.5. The van der Waals surface area contributed by atoms with Gasteiger partial charge in [0.25, 0.3) is 11.5 Å². The third-order valence-electron chi connectivity index (χ3n) is 7.58. The van der Waals surface area contributed by atoms with Gasteiger partial charge in [0.1, 0.15) is 5.56 Å². The Morgan fingerprint density at radius 3 is 2.79 bits per heavy atom. The molecule has 2 amide bonds. The summed E-state index contributed by atoms with van der Waals surface area (Å²) in [5.41, 5.74) is 2.95. The summed E-state index contributed by atoms with van der Waals surface area (Å²) in [7, 11) is 1.79. The molecule has 1 aliphatic carbocycles. The lowest BCUT2D eigenvalue weighted by Crippen LogP contribution is -2.40. The van der Waals surface area contributed by atoms with E-state index in [0.29, 0.717) is 43.3 Å². The number of aromatic amines is 1. The molecule has 7 nitrogen and oxygen atoms in total. The number of aromatic nitrogens is 2. The van der Waals surface area contributed by atoms with Crippen LogP contribution in [0.15, 0.2) is 47.5 Å². The Morgan fingerprint density at radius 1 is 1.15 bits per heavy atom. The van der Waals surface area contributed by atoms with Gasteiger partial charge in [-0.1, -0.05) is 18.2 Å². The summed E-state index contributed by atoms with van der Waals surface area (Å²) in [5, 5.41) is 4.09. The molecule has 0 spiro atoms. The molecule has 2 N–H and O–H groups in total. The normalized spacial score (nSPS) is 22.2. The molecule has 172 valence electrons. The van der Waals surface area contributed by atoms with Crippen molar-refractivity contribution in [2.75, 3.05) is 13.6 Å². The number of aryl methyl sites for hydroxylation is 3. The zero-order chi connectivity index (χ0) is 23.1. The van der Waals surface area contributed by atoms with Crippen LogP contribution in [0.25, 0.3) is 10.9 Å². The first-order valence-electron chi connectivity index (χ1n) is 11.7. The fourth-order valence-corrected chi connectivity index (χ4v) is 5.57. The Bertz CT molecular complexity index is 1270. The van der Waals surface area contributed by atoms with Gasteiger partial charge < -0.3 is 19.8 Å². The van der Waals surface area contributed by atoms with Gasteiger partial charge in [0.05, 0.1) is 0 Å². The highest BCUT2D eigenvalue weighted by molar-refractivity contribution is 5.95. The second kappa shape index (κ2) is 8.54. The summed E-state index contributed by atoms with van der Waals surface area (Å²) in [6, 6.07) is 10.0. The summed E-state index contributed by atoms with van der Waals surface area (Å²) in [6.07, 6.45) is 6.69. The van der Waals surface area contributed by atoms with Gasteiger partial charge >= 0.3 is 0 Å². The number of benzene rings is 1. The maximum absolute atomic E-state index is 13.4. The van der Waals surface area contributed by atoms with Crippen LogP contribution in [-0.2, 0) is 17.8 Å². The van der Waals surface area contributed by atoms with Gasteiger partial charge in [-0.25, -0.2) is 0 Å². The zero-order valence-corrected chi connectivity index (χ0v) is 19.1. The van der Waals surface area contributed by atoms with Crippen molar-refractivity contribution in [1.82, 2.24) is 19.8 Å². The van der Waals surface area contributed by atoms with Gasteiger partial charge in [-0.15, -0.1) is 0 Å². The van der Waals surface area contributed by atoms with Crippen molar-refractivity contribution in [1.29, 1.82) is 0 Å². The minimum absolute atomic E-state index is 0.0545. The summed E-state index contributed by atoms with van der Waals surface area (Å²) < 4.78 is 1.65. The molecule has 0 bridgehead atoms. The molecule has 1 aliphatic heterocycles. The number of amides is 2. The first-order chi connectivity index (χ1) is 15.9. The van der Waals surface area contributed by atoms with E-state index in [1.165, 1.54) is 0 Å². The Balaban J connectivity index is 1.34. The Morgan fingerprint density at radius 2 is 1.94 bits per heavy atom. The summed E-state index contributed by atoms with van der Waals surface area (Å²) in [6.45, 7) is 3.02. The maximum Gasteiger partial charge on any atom is 0.263 e. The molecule has 1 saturated carbocycles. The lowest BCUT2D eigenvalue weighted by molar-refractivity contribution is -0.124. The molecule has 2 aliphatic rings. The van der Waals surface area contributed by atoms with Crippen molar-refractivity contribution in [2.45, 2.75) is 45.2 Å². The molecule has 3 aromatic rings. The quantitative estimate of drug-likeness (QED) is 0.632. The lowest BCUT2D eigenvalue weighted by atomic mass is 9.89. The van der Waals surface area contributed by atoms with Crippen molar-refractivity contribution in [2.24, 2.45) is 11.8 Å². The average Bonchev–Trinajstić information content (AvgIpc) is 3.42. The molecular weight excluding hydrogens is 416 g/mol. The average molecular weight is 447 g/mol. The highest BCUT2D eigenvalue weighted by Crippen LogP contribution is 2.38. The van der Waals surface area contributed by atoms with Crippen LogP contribution in [0.1, 0.15) is 40.7 Å². The van der Waals surface area contributed by atoms with E-state index in [-0.39, 0.29) is 29.0 Å². The maximum atomic E-state index is 13.4. The molecule has 3 atom stereocenters. The number of pyridine rings is 1. The molecule has 7 heteroatoms. The van der Waals surface area contributed by atoms with Crippen LogP contribution in [0.4, 0.5) is 0 Å². The Hall–Kier alpha value is -3.35. The van der Waals surface area contributed by atoms with Gasteiger partial charge in [0.15, 0.2) is 0 Å². The number of carbonyl (C=O) groups excluding carboxylic acids is 2. The third kappa shape index (κ3) is 3.96. The molecule has 2 fully saturated rings. The van der Waals surface area contributed by atoms with Crippen LogP contribution in [0.2, 0.25) is 0 Å². The van der Waals surface area contributed by atoms with Crippen LogP contribution in [0, 0.1) is 18.8 Å². The van der Waals surface area contributed by atoms with Crippen molar-refractivity contribution < 1.29 is 9.59 Å². The number of carbonyl (C=O) groups is 2. The predicted octanol–water partition coefficient (Wildman–Crippen LogP) is 2.87. The Kier molecular flexibility index (Phi) is 5.56. The van der Waals surface area contributed by atoms with Crippen LogP contribution < -0.4 is 10.9 Å². The van der Waals surface area contributed by atoms with Crippen molar-refractivity contribution >= 4 is 22.7 Å². The number of nitrogens with one attached hydrogen (secondary N) is 2. The van der Waals surface area contributed by atoms with E-state index in [1.807, 2.05) is 37.4 Å². The Labute approximate surface area is 192 Å². The molecular formula is C26H30N4O3. The summed E-state index contributed by atoms with van der Waals surface area (Å²) in [4.78, 5) is 43.5. The van der Waals surface area contributed by atoms with Crippen LogP contribution in [0.3, 0.4) is 0 Å². The zero-order valence-electron chi connectivity index (χ0n) is 19.1. The number of rotatable bonds is 5. The smallest absolute Gasteiger partial charge is 0.263 e. The number of H-pyrrole nitrogens is 1. The van der Waals surface area contributed by atoms with E-state index in [2.05, 4.69) is 16.4 Å². The van der Waals surface area contributed by atoms with E-state index in [4.69, 9.17) is 0 Å². The topological polar surface area (TPSA) is 87.2 Å². The van der Waals surface area contributed by atoms with Gasteiger partial charge in [0.2, 0.25) is 5.91 Å². The predicted molar refractivity (Wildman–Crippen MR) is 127 cm³/mol. The highest BCUT2D eigenvalue weighted by Gasteiger charge is 2.41. The monoisotopic (exact) mass is 446 g/mol. The van der Waals surface area contributed by atoms with Crippen molar-refractivity contribution in [3.05, 3.63) is 69.8 Å². The standard InChI is InChI=1S/C26H30N4O3/c1-16-7-9-30(10-8-17-14-27-22-6-4-3-5-21(17)22)26(33)24(16)25(32)29(2)20-11-18-13-23(31)28-15-19(18)12-20/h3-7,9,14,18-20,27H,8,10-13,15H2,1-2H3,(H,28,31)/t18-,19+,20-/m0/s1. The van der Waals surface area contributed by atoms with Crippen LogP contribution in [-0.4, -0.2) is 45.9 Å². The van der Waals surface area contributed by atoms with E-state index in [0.717, 1.165) is 29.3 Å². The van der Waals surface area contributed by atoms with Gasteiger partial charge in [-0.3, -0.25) is 14.4 Å². The largest absolute Gasteiger partial charge is 0.361 e. The van der Waals surface area contributed by atoms with E-state index in [1.54, 1.807) is 22.7 Å². The van der Waals surface area contributed by atoms with Crippen molar-refractivity contribution in [3.8, 4) is 0 Å². The molecule has 33 heavy (non-hydrogen) atoms. The molecule has 3 heterocycles.